The van der Waals surface area contributed by atoms with Crippen LogP contribution in [-0.4, -0.2) is 36.4 Å². The van der Waals surface area contributed by atoms with Crippen LogP contribution < -0.4 is 19.7 Å². The summed E-state index contributed by atoms with van der Waals surface area (Å²) in [6.45, 7) is 4.12. The first-order valence-electron chi connectivity index (χ1n) is 12.2. The van der Waals surface area contributed by atoms with E-state index >= 15 is 0 Å². The van der Waals surface area contributed by atoms with Gasteiger partial charge in [-0.15, -0.1) is 0 Å². The fourth-order valence-corrected chi connectivity index (χ4v) is 6.29. The molecule has 0 aliphatic carbocycles. The lowest BCUT2D eigenvalue weighted by atomic mass is 9.96. The van der Waals surface area contributed by atoms with Gasteiger partial charge in [-0.05, 0) is 74.1 Å². The molecule has 2 aromatic carbocycles. The zero-order valence-corrected chi connectivity index (χ0v) is 24.2. The number of aromatic nitrogens is 2. The average molecular weight is 582 g/mol. The molecule has 3 heterocycles. The molecule has 2 N–H and O–H groups in total. The molecule has 1 aliphatic heterocycles. The maximum atomic E-state index is 11.9. The third-order valence-corrected chi connectivity index (χ3v) is 7.96. The summed E-state index contributed by atoms with van der Waals surface area (Å²) in [6, 6.07) is 20.5. The molecular weight excluding hydrogens is 554 g/mol. The van der Waals surface area contributed by atoms with Gasteiger partial charge in [-0.25, -0.2) is 8.42 Å². The zero-order valence-electron chi connectivity index (χ0n) is 21.8. The van der Waals surface area contributed by atoms with Gasteiger partial charge in [-0.2, -0.15) is 0 Å². The van der Waals surface area contributed by atoms with Gasteiger partial charge in [0, 0.05) is 29.3 Å². The van der Waals surface area contributed by atoms with Crippen molar-refractivity contribution in [2.24, 2.45) is 0 Å². The van der Waals surface area contributed by atoms with Crippen LogP contribution in [-0.2, 0) is 10.0 Å². The number of ether oxygens (including phenoxy) is 1. The third-order valence-electron chi connectivity index (χ3n) is 6.74. The molecule has 2 unspecified atom stereocenters. The Hall–Kier alpha value is -3.60. The Morgan fingerprint density at radius 3 is 2.49 bits per heavy atom. The Bertz CT molecular complexity index is 1660. The van der Waals surface area contributed by atoms with Gasteiger partial charge >= 0.3 is 0 Å². The highest BCUT2D eigenvalue weighted by Gasteiger charge is 2.42. The second kappa shape index (κ2) is 10.5. The lowest BCUT2D eigenvalue weighted by molar-refractivity contribution is 0.417. The molecule has 1 fully saturated rings. The van der Waals surface area contributed by atoms with Crippen LogP contribution in [0.2, 0.25) is 5.02 Å². The predicted molar refractivity (Wildman–Crippen MR) is 160 cm³/mol. The third kappa shape index (κ3) is 5.19. The number of aryl methyl sites for hydroxylation is 1. The molecule has 5 rings (SSSR count). The van der Waals surface area contributed by atoms with Crippen molar-refractivity contribution >= 4 is 50.3 Å². The quantitative estimate of drug-likeness (QED) is 0.271. The smallest absolute Gasteiger partial charge is 0.229 e. The van der Waals surface area contributed by atoms with Crippen molar-refractivity contribution in [2.45, 2.75) is 25.9 Å². The van der Waals surface area contributed by atoms with Crippen LogP contribution in [0.3, 0.4) is 0 Å². The van der Waals surface area contributed by atoms with Crippen LogP contribution in [0.1, 0.15) is 34.7 Å². The molecule has 0 radical (unpaired) electrons. The second-order valence-electron chi connectivity index (χ2n) is 9.37. The number of pyridine rings is 1. The molecule has 8 nitrogen and oxygen atoms in total. The van der Waals surface area contributed by atoms with Crippen LogP contribution in [0.5, 0.6) is 5.75 Å². The van der Waals surface area contributed by atoms with E-state index in [0.717, 1.165) is 40.3 Å². The van der Waals surface area contributed by atoms with Crippen molar-refractivity contribution in [1.29, 1.82) is 0 Å². The highest BCUT2D eigenvalue weighted by molar-refractivity contribution is 7.92. The molecule has 39 heavy (non-hydrogen) atoms. The number of thiocarbonyl (C=S) groups is 1. The Morgan fingerprint density at radius 2 is 1.82 bits per heavy atom. The van der Waals surface area contributed by atoms with Crippen LogP contribution >= 0.6 is 23.8 Å². The van der Waals surface area contributed by atoms with E-state index in [0.29, 0.717) is 21.6 Å². The first kappa shape index (κ1) is 27.0. The summed E-state index contributed by atoms with van der Waals surface area (Å²) >= 11 is 12.5. The fourth-order valence-electron chi connectivity index (χ4n) is 5.15. The molecule has 11 heteroatoms. The lowest BCUT2D eigenvalue weighted by Crippen LogP contribution is -2.29. The van der Waals surface area contributed by atoms with Crippen molar-refractivity contribution in [3.05, 3.63) is 101 Å². The van der Waals surface area contributed by atoms with Gasteiger partial charge in [0.25, 0.3) is 0 Å². The Labute approximate surface area is 238 Å². The Kier molecular flexibility index (Phi) is 7.28. The van der Waals surface area contributed by atoms with Crippen LogP contribution in [0.4, 0.5) is 11.4 Å². The number of nitrogens with zero attached hydrogens (tertiary/aromatic N) is 3. The van der Waals surface area contributed by atoms with E-state index in [1.807, 2.05) is 53.4 Å². The normalized spacial score (nSPS) is 17.3. The van der Waals surface area contributed by atoms with Crippen LogP contribution in [0.25, 0.3) is 5.69 Å². The summed E-state index contributed by atoms with van der Waals surface area (Å²) in [5, 5.41) is 4.64. The SMILES string of the molecule is COc1cc(N2C(=S)NC(c3ccccn3)C2c2cc(C)n(-c3ccccc3Cl)c2C)ccc1NS(C)(=O)=O. The number of rotatable bonds is 7. The van der Waals surface area contributed by atoms with Gasteiger partial charge in [0.05, 0.1) is 47.5 Å². The summed E-state index contributed by atoms with van der Waals surface area (Å²) < 4.78 is 34.0. The zero-order chi connectivity index (χ0) is 27.9. The fraction of sp³-hybridized carbons (Fsp3) is 0.214. The minimum Gasteiger partial charge on any atom is -0.494 e. The number of halogens is 1. The molecule has 202 valence electrons. The second-order valence-corrected chi connectivity index (χ2v) is 11.9. The summed E-state index contributed by atoms with van der Waals surface area (Å²) in [4.78, 5) is 6.67. The summed E-state index contributed by atoms with van der Waals surface area (Å²) in [5.41, 5.74) is 5.92. The lowest BCUT2D eigenvalue weighted by Gasteiger charge is -2.29. The standard InChI is InChI=1S/C28H28ClN5O3S2/c1-17-15-20(18(2)33(17)24-11-6-5-9-21(24)29)27-26(23-10-7-8-14-30-23)31-28(38)34(27)19-12-13-22(25(16-19)37-3)32-39(4,35)36/h5-16,26-27,32H,1-4H3,(H,31,38). The number of hydrogen-bond acceptors (Lipinski definition) is 5. The van der Waals surface area contributed by atoms with Crippen LogP contribution in [0, 0.1) is 13.8 Å². The topological polar surface area (TPSA) is 88.5 Å². The Balaban J connectivity index is 1.67. The van der Waals surface area contributed by atoms with E-state index in [1.54, 1.807) is 18.3 Å². The van der Waals surface area contributed by atoms with Gasteiger partial charge in [0.2, 0.25) is 10.0 Å². The van der Waals surface area contributed by atoms with Gasteiger partial charge < -0.3 is 19.5 Å². The van der Waals surface area contributed by atoms with Gasteiger partial charge in [-0.1, -0.05) is 29.8 Å². The number of anilines is 2. The van der Waals surface area contributed by atoms with Crippen molar-refractivity contribution in [3.8, 4) is 11.4 Å². The van der Waals surface area contributed by atoms with Gasteiger partial charge in [-0.3, -0.25) is 9.71 Å². The number of sulfonamides is 1. The van der Waals surface area contributed by atoms with Crippen LogP contribution in [0.15, 0.2) is 72.9 Å². The highest BCUT2D eigenvalue weighted by Crippen LogP contribution is 2.45. The number of nitrogens with one attached hydrogen (secondary N) is 2. The van der Waals surface area contributed by atoms with E-state index in [4.69, 9.17) is 28.6 Å². The van der Waals surface area contributed by atoms with E-state index in [2.05, 4.69) is 39.5 Å². The maximum absolute atomic E-state index is 11.9. The number of methoxy groups -OCH3 is 1. The summed E-state index contributed by atoms with van der Waals surface area (Å²) in [7, 11) is -1.99. The predicted octanol–water partition coefficient (Wildman–Crippen LogP) is 5.70. The molecule has 0 bridgehead atoms. The van der Waals surface area contributed by atoms with E-state index in [9.17, 15) is 8.42 Å². The molecule has 0 spiro atoms. The molecule has 2 atom stereocenters. The largest absolute Gasteiger partial charge is 0.494 e. The molecule has 0 saturated carbocycles. The van der Waals surface area contributed by atoms with Gasteiger partial charge in [0.1, 0.15) is 5.75 Å². The molecule has 1 aliphatic rings. The first-order chi connectivity index (χ1) is 18.6. The average Bonchev–Trinajstić information content (AvgIpc) is 3.39. The molecule has 2 aromatic heterocycles. The number of para-hydroxylation sites is 1. The monoisotopic (exact) mass is 581 g/mol. The minimum absolute atomic E-state index is 0.251. The number of hydrogen-bond donors (Lipinski definition) is 2. The highest BCUT2D eigenvalue weighted by atomic mass is 35.5. The van der Waals surface area contributed by atoms with E-state index in [1.165, 1.54) is 7.11 Å². The van der Waals surface area contributed by atoms with Crippen molar-refractivity contribution in [3.63, 3.8) is 0 Å². The van der Waals surface area contributed by atoms with E-state index < -0.39 is 10.0 Å². The summed E-state index contributed by atoms with van der Waals surface area (Å²) in [5.74, 6) is 0.377. The molecular formula is C28H28ClN5O3S2. The maximum Gasteiger partial charge on any atom is 0.229 e. The van der Waals surface area contributed by atoms with E-state index in [-0.39, 0.29) is 12.1 Å². The molecule has 1 saturated heterocycles. The van der Waals surface area contributed by atoms with Crippen molar-refractivity contribution in [1.82, 2.24) is 14.9 Å². The van der Waals surface area contributed by atoms with Crippen molar-refractivity contribution < 1.29 is 13.2 Å². The van der Waals surface area contributed by atoms with Crippen molar-refractivity contribution in [2.75, 3.05) is 23.0 Å². The summed E-state index contributed by atoms with van der Waals surface area (Å²) in [6.07, 6.45) is 2.86. The first-order valence-corrected chi connectivity index (χ1v) is 14.9. The molecule has 0 amide bonds. The minimum atomic E-state index is -3.49. The Morgan fingerprint density at radius 1 is 1.08 bits per heavy atom. The number of benzene rings is 2. The van der Waals surface area contributed by atoms with Gasteiger partial charge in [0.15, 0.2) is 5.11 Å². The molecule has 4 aromatic rings.